The summed E-state index contributed by atoms with van der Waals surface area (Å²) in [5.41, 5.74) is 0. The number of carboxylic acids is 1. The van der Waals surface area contributed by atoms with Crippen LogP contribution in [0.15, 0.2) is 0 Å². The van der Waals surface area contributed by atoms with Crippen molar-refractivity contribution in [3.63, 3.8) is 0 Å². The maximum Gasteiger partial charge on any atom is 0.304 e. The highest BCUT2D eigenvalue weighted by Gasteiger charge is 2.27. The van der Waals surface area contributed by atoms with Crippen LogP contribution in [-0.4, -0.2) is 15.8 Å². The number of rotatable bonds is 18. The standard InChI is InChI=1S/C21H42O2S/c1-3-5-7-9-11-13-15-17-21(24,19-20(22)23)18-16-14-12-10-8-6-4-2/h24H,3-19H2,1-2H3,(H,22,23). The van der Waals surface area contributed by atoms with E-state index < -0.39 is 5.97 Å². The Labute approximate surface area is 156 Å². The van der Waals surface area contributed by atoms with Gasteiger partial charge in [0.25, 0.3) is 0 Å². The van der Waals surface area contributed by atoms with Crippen LogP contribution in [0.3, 0.4) is 0 Å². The molecule has 0 amide bonds. The normalized spacial score (nSPS) is 11.8. The Balaban J connectivity index is 3.88. The van der Waals surface area contributed by atoms with Crippen LogP contribution in [-0.2, 0) is 4.79 Å². The Kier molecular flexibility index (Phi) is 16.2. The summed E-state index contributed by atoms with van der Waals surface area (Å²) in [5.74, 6) is -0.698. The zero-order valence-corrected chi connectivity index (χ0v) is 17.2. The van der Waals surface area contributed by atoms with E-state index in [1.165, 1.54) is 77.0 Å². The molecule has 0 aromatic carbocycles. The van der Waals surface area contributed by atoms with Gasteiger partial charge in [-0.1, -0.05) is 104 Å². The van der Waals surface area contributed by atoms with Gasteiger partial charge in [-0.15, -0.1) is 0 Å². The second-order valence-electron chi connectivity index (χ2n) is 7.54. The summed E-state index contributed by atoms with van der Waals surface area (Å²) in [4.78, 5) is 11.2. The molecule has 0 heterocycles. The second-order valence-corrected chi connectivity index (χ2v) is 8.49. The van der Waals surface area contributed by atoms with Crippen LogP contribution in [0.2, 0.25) is 0 Å². The van der Waals surface area contributed by atoms with E-state index in [-0.39, 0.29) is 11.2 Å². The third-order valence-corrected chi connectivity index (χ3v) is 5.58. The van der Waals surface area contributed by atoms with Gasteiger partial charge in [-0.2, -0.15) is 12.6 Å². The van der Waals surface area contributed by atoms with Crippen molar-refractivity contribution in [3.8, 4) is 0 Å². The maximum atomic E-state index is 11.2. The lowest BCUT2D eigenvalue weighted by molar-refractivity contribution is -0.137. The average molecular weight is 359 g/mol. The molecule has 3 heteroatoms. The van der Waals surface area contributed by atoms with Crippen LogP contribution < -0.4 is 0 Å². The molecule has 0 atom stereocenters. The number of thiol groups is 1. The predicted molar refractivity (Wildman–Crippen MR) is 109 cm³/mol. The first-order valence-electron chi connectivity index (χ1n) is 10.5. The fourth-order valence-electron chi connectivity index (χ4n) is 3.41. The van der Waals surface area contributed by atoms with Gasteiger partial charge in [-0.3, -0.25) is 4.79 Å². The molecule has 0 bridgehead atoms. The molecule has 144 valence electrons. The Bertz CT molecular complexity index is 274. The van der Waals surface area contributed by atoms with E-state index in [1.54, 1.807) is 0 Å². The Morgan fingerprint density at radius 2 is 1.04 bits per heavy atom. The zero-order chi connectivity index (χ0) is 18.1. The van der Waals surface area contributed by atoms with Crippen molar-refractivity contribution in [2.45, 2.75) is 128 Å². The molecular formula is C21H42O2S. The molecule has 0 aliphatic rings. The first-order chi connectivity index (χ1) is 11.5. The van der Waals surface area contributed by atoms with Gasteiger partial charge >= 0.3 is 5.97 Å². The third-order valence-electron chi connectivity index (χ3n) is 4.97. The van der Waals surface area contributed by atoms with E-state index >= 15 is 0 Å². The monoisotopic (exact) mass is 358 g/mol. The van der Waals surface area contributed by atoms with E-state index in [0.29, 0.717) is 0 Å². The third kappa shape index (κ3) is 15.4. The summed E-state index contributed by atoms with van der Waals surface area (Å²) in [6.45, 7) is 4.48. The molecule has 0 saturated carbocycles. The van der Waals surface area contributed by atoms with E-state index in [4.69, 9.17) is 12.6 Å². The van der Waals surface area contributed by atoms with E-state index in [9.17, 15) is 9.90 Å². The summed E-state index contributed by atoms with van der Waals surface area (Å²) >= 11 is 4.79. The molecule has 24 heavy (non-hydrogen) atoms. The van der Waals surface area contributed by atoms with Gasteiger partial charge in [0.05, 0.1) is 6.42 Å². The second kappa shape index (κ2) is 16.3. The Morgan fingerprint density at radius 3 is 1.38 bits per heavy atom. The summed E-state index contributed by atoms with van der Waals surface area (Å²) in [7, 11) is 0. The van der Waals surface area contributed by atoms with Gasteiger partial charge in [0.15, 0.2) is 0 Å². The van der Waals surface area contributed by atoms with Crippen molar-refractivity contribution >= 4 is 18.6 Å². The molecule has 0 aliphatic carbocycles. The minimum atomic E-state index is -0.698. The molecule has 0 radical (unpaired) electrons. The molecular weight excluding hydrogens is 316 g/mol. The van der Waals surface area contributed by atoms with Gasteiger partial charge in [0.1, 0.15) is 0 Å². The van der Waals surface area contributed by atoms with Gasteiger partial charge in [-0.05, 0) is 12.8 Å². The first-order valence-corrected chi connectivity index (χ1v) is 10.9. The van der Waals surface area contributed by atoms with Crippen LogP contribution in [0.1, 0.15) is 123 Å². The summed E-state index contributed by atoms with van der Waals surface area (Å²) in [6.07, 6.45) is 20.0. The smallest absolute Gasteiger partial charge is 0.304 e. The van der Waals surface area contributed by atoms with Gasteiger partial charge in [0, 0.05) is 4.75 Å². The van der Waals surface area contributed by atoms with Crippen molar-refractivity contribution in [3.05, 3.63) is 0 Å². The SMILES string of the molecule is CCCCCCCCCC(S)(CCCCCCCCC)CC(=O)O. The number of hydrogen-bond acceptors (Lipinski definition) is 2. The van der Waals surface area contributed by atoms with E-state index in [1.807, 2.05) is 0 Å². The van der Waals surface area contributed by atoms with Gasteiger partial charge < -0.3 is 5.11 Å². The van der Waals surface area contributed by atoms with Crippen molar-refractivity contribution in [2.75, 3.05) is 0 Å². The molecule has 0 rings (SSSR count). The molecule has 1 N–H and O–H groups in total. The summed E-state index contributed by atoms with van der Waals surface area (Å²) in [5, 5.41) is 9.20. The van der Waals surface area contributed by atoms with Crippen LogP contribution in [0.4, 0.5) is 0 Å². The van der Waals surface area contributed by atoms with Crippen molar-refractivity contribution in [2.24, 2.45) is 0 Å². The topological polar surface area (TPSA) is 37.3 Å². The largest absolute Gasteiger partial charge is 0.481 e. The Hall–Kier alpha value is -0.180. The van der Waals surface area contributed by atoms with Crippen LogP contribution in [0.5, 0.6) is 0 Å². The maximum absolute atomic E-state index is 11.2. The highest BCUT2D eigenvalue weighted by Crippen LogP contribution is 2.33. The van der Waals surface area contributed by atoms with Crippen molar-refractivity contribution in [1.29, 1.82) is 0 Å². The minimum Gasteiger partial charge on any atom is -0.481 e. The van der Waals surface area contributed by atoms with E-state index in [2.05, 4.69) is 13.8 Å². The van der Waals surface area contributed by atoms with Crippen LogP contribution in [0, 0.1) is 0 Å². The lowest BCUT2D eigenvalue weighted by atomic mass is 9.90. The molecule has 0 saturated heterocycles. The molecule has 0 aromatic heterocycles. The number of carboxylic acid groups (broad SMARTS) is 1. The molecule has 0 aliphatic heterocycles. The quantitative estimate of drug-likeness (QED) is 0.198. The van der Waals surface area contributed by atoms with Crippen LogP contribution in [0.25, 0.3) is 0 Å². The number of unbranched alkanes of at least 4 members (excludes halogenated alkanes) is 12. The summed E-state index contributed by atoms with van der Waals surface area (Å²) in [6, 6.07) is 0. The van der Waals surface area contributed by atoms with Gasteiger partial charge in [0.2, 0.25) is 0 Å². The average Bonchev–Trinajstić information content (AvgIpc) is 2.52. The molecule has 0 spiro atoms. The first kappa shape index (κ1) is 23.8. The van der Waals surface area contributed by atoms with Gasteiger partial charge in [-0.25, -0.2) is 0 Å². The fourth-order valence-corrected chi connectivity index (χ4v) is 3.86. The number of carbonyl (C=O) groups is 1. The molecule has 2 nitrogen and oxygen atoms in total. The van der Waals surface area contributed by atoms with Crippen molar-refractivity contribution < 1.29 is 9.90 Å². The molecule has 0 aromatic rings. The number of aliphatic carboxylic acids is 1. The van der Waals surface area contributed by atoms with Crippen molar-refractivity contribution in [1.82, 2.24) is 0 Å². The van der Waals surface area contributed by atoms with E-state index in [0.717, 1.165) is 25.7 Å². The lowest BCUT2D eigenvalue weighted by Crippen LogP contribution is -2.25. The highest BCUT2D eigenvalue weighted by molar-refractivity contribution is 7.81. The molecule has 0 fully saturated rings. The fraction of sp³-hybridized carbons (Fsp3) is 0.952. The van der Waals surface area contributed by atoms with Crippen LogP contribution >= 0.6 is 12.6 Å². The summed E-state index contributed by atoms with van der Waals surface area (Å²) < 4.78 is -0.293. The predicted octanol–water partition coefficient (Wildman–Crippen LogP) is 7.41. The molecule has 0 unspecified atom stereocenters. The lowest BCUT2D eigenvalue weighted by Gasteiger charge is -2.27. The zero-order valence-electron chi connectivity index (χ0n) is 16.3. The number of hydrogen-bond donors (Lipinski definition) is 2. The minimum absolute atomic E-state index is 0.210. The highest BCUT2D eigenvalue weighted by atomic mass is 32.1. The Morgan fingerprint density at radius 1 is 0.708 bits per heavy atom.